The number of halogens is 1. The smallest absolute Gasteiger partial charge is 0.191 e. The second kappa shape index (κ2) is 9.13. The standard InChI is InChI=1S/C13H22N4.HI/c1-5-14-13(16-10(2)3)15-9-12-8-6-7-11(4)17-12;/h6-8,10H,5,9H2,1-4H3,(H2,14,15,16);1H. The van der Waals surface area contributed by atoms with Crippen molar-refractivity contribution in [2.75, 3.05) is 6.54 Å². The van der Waals surface area contributed by atoms with Crippen LogP contribution in [0.1, 0.15) is 32.2 Å². The van der Waals surface area contributed by atoms with E-state index in [0.717, 1.165) is 23.9 Å². The van der Waals surface area contributed by atoms with Crippen LogP contribution in [-0.2, 0) is 6.54 Å². The van der Waals surface area contributed by atoms with Gasteiger partial charge in [0.25, 0.3) is 0 Å². The van der Waals surface area contributed by atoms with Crippen LogP contribution in [0.4, 0.5) is 0 Å². The third kappa shape index (κ3) is 6.78. The van der Waals surface area contributed by atoms with Gasteiger partial charge in [-0.25, -0.2) is 4.99 Å². The lowest BCUT2D eigenvalue weighted by Gasteiger charge is -2.13. The van der Waals surface area contributed by atoms with Gasteiger partial charge in [-0.3, -0.25) is 4.98 Å². The molecule has 1 heterocycles. The first-order valence-corrected chi connectivity index (χ1v) is 6.09. The van der Waals surface area contributed by atoms with Crippen molar-refractivity contribution in [1.82, 2.24) is 15.6 Å². The van der Waals surface area contributed by atoms with Crippen LogP contribution >= 0.6 is 24.0 Å². The fourth-order valence-electron chi connectivity index (χ4n) is 1.44. The SMILES string of the molecule is CCNC(=NCc1cccc(C)n1)NC(C)C.I. The average Bonchev–Trinajstić information content (AvgIpc) is 2.26. The largest absolute Gasteiger partial charge is 0.357 e. The molecule has 5 heteroatoms. The summed E-state index contributed by atoms with van der Waals surface area (Å²) in [6.45, 7) is 9.70. The summed E-state index contributed by atoms with van der Waals surface area (Å²) in [4.78, 5) is 8.92. The highest BCUT2D eigenvalue weighted by Gasteiger charge is 2.00. The van der Waals surface area contributed by atoms with Gasteiger partial charge in [0.2, 0.25) is 0 Å². The molecule has 0 bridgehead atoms. The fourth-order valence-corrected chi connectivity index (χ4v) is 1.44. The van der Waals surface area contributed by atoms with Gasteiger partial charge in [0.15, 0.2) is 5.96 Å². The molecule has 0 aliphatic heterocycles. The molecule has 0 aliphatic rings. The minimum absolute atomic E-state index is 0. The minimum atomic E-state index is 0. The van der Waals surface area contributed by atoms with Crippen LogP contribution < -0.4 is 10.6 Å². The molecule has 18 heavy (non-hydrogen) atoms. The Morgan fingerprint density at radius 1 is 1.39 bits per heavy atom. The Kier molecular flexibility index (Phi) is 8.70. The topological polar surface area (TPSA) is 49.3 Å². The molecule has 0 atom stereocenters. The van der Waals surface area contributed by atoms with E-state index in [1.165, 1.54) is 0 Å². The monoisotopic (exact) mass is 362 g/mol. The third-order valence-corrected chi connectivity index (χ3v) is 2.11. The molecule has 102 valence electrons. The van der Waals surface area contributed by atoms with Gasteiger partial charge >= 0.3 is 0 Å². The molecule has 0 saturated carbocycles. The molecule has 0 aliphatic carbocycles. The van der Waals surface area contributed by atoms with Gasteiger partial charge in [0, 0.05) is 18.3 Å². The fraction of sp³-hybridized carbons (Fsp3) is 0.538. The molecule has 0 saturated heterocycles. The van der Waals surface area contributed by atoms with Crippen molar-refractivity contribution >= 4 is 29.9 Å². The minimum Gasteiger partial charge on any atom is -0.357 e. The van der Waals surface area contributed by atoms with E-state index in [9.17, 15) is 0 Å². The number of hydrogen-bond acceptors (Lipinski definition) is 2. The lowest BCUT2D eigenvalue weighted by molar-refractivity contribution is 0.699. The average molecular weight is 362 g/mol. The molecule has 1 aromatic rings. The number of hydrogen-bond donors (Lipinski definition) is 2. The van der Waals surface area contributed by atoms with Gasteiger partial charge in [-0.2, -0.15) is 0 Å². The van der Waals surface area contributed by atoms with Crippen molar-refractivity contribution in [2.45, 2.75) is 40.3 Å². The van der Waals surface area contributed by atoms with Gasteiger partial charge in [-0.15, -0.1) is 24.0 Å². The summed E-state index contributed by atoms with van der Waals surface area (Å²) >= 11 is 0. The Morgan fingerprint density at radius 3 is 2.67 bits per heavy atom. The van der Waals surface area contributed by atoms with Crippen LogP contribution in [0.25, 0.3) is 0 Å². The zero-order chi connectivity index (χ0) is 12.7. The normalized spacial score (nSPS) is 11.1. The van der Waals surface area contributed by atoms with Gasteiger partial charge in [-0.05, 0) is 39.8 Å². The Labute approximate surface area is 127 Å². The molecule has 1 aromatic heterocycles. The van der Waals surface area contributed by atoms with Gasteiger partial charge in [0.1, 0.15) is 0 Å². The molecular weight excluding hydrogens is 339 g/mol. The Hall–Kier alpha value is -0.850. The highest BCUT2D eigenvalue weighted by molar-refractivity contribution is 14.0. The highest BCUT2D eigenvalue weighted by Crippen LogP contribution is 1.99. The summed E-state index contributed by atoms with van der Waals surface area (Å²) in [7, 11) is 0. The summed E-state index contributed by atoms with van der Waals surface area (Å²) in [5.74, 6) is 0.839. The number of pyridine rings is 1. The molecule has 1 rings (SSSR count). The lowest BCUT2D eigenvalue weighted by Crippen LogP contribution is -2.41. The number of nitrogens with one attached hydrogen (secondary N) is 2. The van der Waals surface area contributed by atoms with Crippen molar-refractivity contribution in [1.29, 1.82) is 0 Å². The predicted molar refractivity (Wildman–Crippen MR) is 87.5 cm³/mol. The van der Waals surface area contributed by atoms with Crippen molar-refractivity contribution < 1.29 is 0 Å². The first-order chi connectivity index (χ1) is 8.11. The second-order valence-corrected chi connectivity index (χ2v) is 4.26. The molecular formula is C13H23IN4. The van der Waals surface area contributed by atoms with E-state index in [1.807, 2.05) is 25.1 Å². The first-order valence-electron chi connectivity index (χ1n) is 6.09. The Balaban J connectivity index is 0.00000289. The molecule has 0 amide bonds. The van der Waals surface area contributed by atoms with Gasteiger partial charge in [-0.1, -0.05) is 6.07 Å². The summed E-state index contributed by atoms with van der Waals surface area (Å²) in [6, 6.07) is 6.37. The molecule has 0 fully saturated rings. The maximum absolute atomic E-state index is 4.50. The Bertz CT molecular complexity index is 377. The van der Waals surface area contributed by atoms with Crippen LogP contribution in [0.2, 0.25) is 0 Å². The maximum atomic E-state index is 4.50. The second-order valence-electron chi connectivity index (χ2n) is 4.26. The maximum Gasteiger partial charge on any atom is 0.191 e. The van der Waals surface area contributed by atoms with Crippen LogP contribution in [0.15, 0.2) is 23.2 Å². The summed E-state index contributed by atoms with van der Waals surface area (Å²) in [6.07, 6.45) is 0. The van der Waals surface area contributed by atoms with E-state index in [4.69, 9.17) is 0 Å². The van der Waals surface area contributed by atoms with Crippen LogP contribution in [0.5, 0.6) is 0 Å². The molecule has 4 nitrogen and oxygen atoms in total. The Morgan fingerprint density at radius 2 is 2.11 bits per heavy atom. The zero-order valence-corrected chi connectivity index (χ0v) is 13.9. The van der Waals surface area contributed by atoms with Crippen molar-refractivity contribution in [3.63, 3.8) is 0 Å². The molecule has 0 radical (unpaired) electrons. The number of aromatic nitrogens is 1. The van der Waals surface area contributed by atoms with E-state index in [2.05, 4.69) is 41.4 Å². The van der Waals surface area contributed by atoms with E-state index in [-0.39, 0.29) is 24.0 Å². The van der Waals surface area contributed by atoms with Gasteiger partial charge in [0.05, 0.1) is 12.2 Å². The number of rotatable bonds is 4. The molecule has 2 N–H and O–H groups in total. The van der Waals surface area contributed by atoms with Crippen molar-refractivity contribution in [3.8, 4) is 0 Å². The number of aliphatic imine (C=N–C) groups is 1. The summed E-state index contributed by atoms with van der Waals surface area (Å²) < 4.78 is 0. The van der Waals surface area contributed by atoms with E-state index in [0.29, 0.717) is 12.6 Å². The predicted octanol–water partition coefficient (Wildman–Crippen LogP) is 2.47. The number of aryl methyl sites for hydroxylation is 1. The first kappa shape index (κ1) is 17.2. The van der Waals surface area contributed by atoms with E-state index >= 15 is 0 Å². The van der Waals surface area contributed by atoms with Crippen LogP contribution in [-0.4, -0.2) is 23.5 Å². The van der Waals surface area contributed by atoms with Crippen molar-refractivity contribution in [2.24, 2.45) is 4.99 Å². The summed E-state index contributed by atoms with van der Waals surface area (Å²) in [5.41, 5.74) is 2.02. The quantitative estimate of drug-likeness (QED) is 0.492. The lowest BCUT2D eigenvalue weighted by atomic mass is 10.3. The van der Waals surface area contributed by atoms with E-state index < -0.39 is 0 Å². The highest BCUT2D eigenvalue weighted by atomic mass is 127. The molecule has 0 spiro atoms. The van der Waals surface area contributed by atoms with Crippen LogP contribution in [0, 0.1) is 6.92 Å². The third-order valence-electron chi connectivity index (χ3n) is 2.11. The number of guanidine groups is 1. The zero-order valence-electron chi connectivity index (χ0n) is 11.5. The number of nitrogens with zero attached hydrogens (tertiary/aromatic N) is 2. The van der Waals surface area contributed by atoms with Crippen LogP contribution in [0.3, 0.4) is 0 Å². The van der Waals surface area contributed by atoms with E-state index in [1.54, 1.807) is 0 Å². The van der Waals surface area contributed by atoms with Crippen molar-refractivity contribution in [3.05, 3.63) is 29.6 Å². The molecule has 0 unspecified atom stereocenters. The molecule has 0 aromatic carbocycles. The van der Waals surface area contributed by atoms with Gasteiger partial charge < -0.3 is 10.6 Å². The summed E-state index contributed by atoms with van der Waals surface area (Å²) in [5, 5.41) is 6.49.